The molecular weight excluding hydrogens is 532 g/mol. The summed E-state index contributed by atoms with van der Waals surface area (Å²) in [6.45, 7) is 6.86. The Bertz CT molecular complexity index is 991. The van der Waals surface area contributed by atoms with Crippen LogP contribution in [0.25, 0.3) is 0 Å². The molecule has 0 aliphatic heterocycles. The van der Waals surface area contributed by atoms with E-state index in [2.05, 4.69) is 19.1 Å². The average Bonchev–Trinajstić information content (AvgIpc) is 2.98. The standard InChI is InChI=1S/C35H56O5S/c1-4-6-7-8-9-10-11-12-13-14-15-16-17-21-24-33(38-29-32-22-19-18-20-23-32)30-39-35(5-2)40-41(36,37)34-27-25-31(3)26-28-34/h18-20,22-23,25-28,33,35H,4-17,21,24,29-30H2,1-3H3. The molecule has 0 aliphatic rings. The van der Waals surface area contributed by atoms with Gasteiger partial charge in [-0.15, -0.1) is 0 Å². The molecule has 0 N–H and O–H groups in total. The lowest BCUT2D eigenvalue weighted by atomic mass is 10.0. The fourth-order valence-electron chi connectivity index (χ4n) is 4.90. The van der Waals surface area contributed by atoms with E-state index in [0.29, 0.717) is 19.6 Å². The van der Waals surface area contributed by atoms with Crippen molar-refractivity contribution >= 4 is 10.1 Å². The minimum absolute atomic E-state index is 0.118. The van der Waals surface area contributed by atoms with E-state index in [9.17, 15) is 8.42 Å². The highest BCUT2D eigenvalue weighted by molar-refractivity contribution is 7.86. The minimum Gasteiger partial charge on any atom is -0.371 e. The van der Waals surface area contributed by atoms with Gasteiger partial charge in [0.15, 0.2) is 6.29 Å². The van der Waals surface area contributed by atoms with Crippen molar-refractivity contribution in [2.75, 3.05) is 6.61 Å². The first-order chi connectivity index (χ1) is 19.9. The van der Waals surface area contributed by atoms with Gasteiger partial charge >= 0.3 is 0 Å². The van der Waals surface area contributed by atoms with E-state index in [-0.39, 0.29) is 11.0 Å². The molecule has 2 aromatic carbocycles. The predicted octanol–water partition coefficient (Wildman–Crippen LogP) is 9.91. The number of rotatable bonds is 25. The summed E-state index contributed by atoms with van der Waals surface area (Å²) < 4.78 is 43.2. The van der Waals surface area contributed by atoms with E-state index in [1.807, 2.05) is 32.0 Å². The number of aryl methyl sites for hydroxylation is 1. The lowest BCUT2D eigenvalue weighted by molar-refractivity contribution is -0.119. The van der Waals surface area contributed by atoms with Crippen molar-refractivity contribution < 1.29 is 22.1 Å². The highest BCUT2D eigenvalue weighted by atomic mass is 32.2. The Morgan fingerprint density at radius 1 is 0.659 bits per heavy atom. The molecule has 0 bridgehead atoms. The third-order valence-electron chi connectivity index (χ3n) is 7.55. The Kier molecular flexibility index (Phi) is 18.9. The van der Waals surface area contributed by atoms with Gasteiger partial charge in [-0.2, -0.15) is 8.42 Å². The van der Waals surface area contributed by atoms with Crippen LogP contribution in [0.3, 0.4) is 0 Å². The molecule has 0 radical (unpaired) electrons. The van der Waals surface area contributed by atoms with Crippen LogP contribution in [-0.2, 0) is 30.4 Å². The smallest absolute Gasteiger partial charge is 0.299 e. The van der Waals surface area contributed by atoms with E-state index in [4.69, 9.17) is 13.7 Å². The molecule has 5 nitrogen and oxygen atoms in total. The third kappa shape index (κ3) is 16.5. The van der Waals surface area contributed by atoms with Crippen molar-refractivity contribution in [3.05, 3.63) is 65.7 Å². The molecule has 0 aliphatic carbocycles. The SMILES string of the molecule is CCCCCCCCCCCCCCCCC(COC(CC)OS(=O)(=O)c1ccc(C)cc1)OCc1ccccc1. The normalized spacial score (nSPS) is 13.3. The van der Waals surface area contributed by atoms with Gasteiger partial charge in [0.2, 0.25) is 0 Å². The zero-order chi connectivity index (χ0) is 29.6. The fraction of sp³-hybridized carbons (Fsp3) is 0.657. The van der Waals surface area contributed by atoms with Crippen LogP contribution < -0.4 is 0 Å². The number of ether oxygens (including phenoxy) is 2. The van der Waals surface area contributed by atoms with Gasteiger partial charge in [-0.25, -0.2) is 4.18 Å². The van der Waals surface area contributed by atoms with Gasteiger partial charge < -0.3 is 9.47 Å². The van der Waals surface area contributed by atoms with Crippen molar-refractivity contribution in [2.24, 2.45) is 0 Å². The number of benzene rings is 2. The highest BCUT2D eigenvalue weighted by Gasteiger charge is 2.22. The average molecular weight is 589 g/mol. The molecular formula is C35H56O5S. The molecule has 2 rings (SSSR count). The topological polar surface area (TPSA) is 61.8 Å². The molecule has 2 unspecified atom stereocenters. The lowest BCUT2D eigenvalue weighted by Crippen LogP contribution is -2.27. The zero-order valence-corrected chi connectivity index (χ0v) is 26.8. The van der Waals surface area contributed by atoms with Crippen molar-refractivity contribution in [1.29, 1.82) is 0 Å². The summed E-state index contributed by atoms with van der Waals surface area (Å²) in [5.74, 6) is 0. The van der Waals surface area contributed by atoms with Gasteiger partial charge in [-0.1, -0.05) is 152 Å². The minimum atomic E-state index is -3.90. The Labute approximate surface area is 251 Å². The van der Waals surface area contributed by atoms with Gasteiger partial charge in [0, 0.05) is 0 Å². The monoisotopic (exact) mass is 588 g/mol. The summed E-state index contributed by atoms with van der Waals surface area (Å²) >= 11 is 0. The first-order valence-electron chi connectivity index (χ1n) is 16.2. The fourth-order valence-corrected chi connectivity index (χ4v) is 5.95. The third-order valence-corrected chi connectivity index (χ3v) is 8.87. The molecule has 232 valence electrons. The van der Waals surface area contributed by atoms with Gasteiger partial charge in [-0.05, 0) is 37.5 Å². The molecule has 41 heavy (non-hydrogen) atoms. The van der Waals surface area contributed by atoms with Gasteiger partial charge in [-0.3, -0.25) is 0 Å². The largest absolute Gasteiger partial charge is 0.371 e. The maximum absolute atomic E-state index is 12.8. The Morgan fingerprint density at radius 3 is 1.73 bits per heavy atom. The highest BCUT2D eigenvalue weighted by Crippen LogP contribution is 2.19. The summed E-state index contributed by atoms with van der Waals surface area (Å²) in [5, 5.41) is 0. The molecule has 2 atom stereocenters. The van der Waals surface area contributed by atoms with E-state index in [0.717, 1.165) is 24.0 Å². The quantitative estimate of drug-likeness (QED) is 0.0656. The first kappa shape index (κ1) is 35.5. The lowest BCUT2D eigenvalue weighted by Gasteiger charge is -2.22. The molecule has 6 heteroatoms. The molecule has 2 aromatic rings. The summed E-state index contributed by atoms with van der Waals surface area (Å²) in [6, 6.07) is 16.8. The molecule has 0 heterocycles. The van der Waals surface area contributed by atoms with E-state index in [1.54, 1.807) is 24.3 Å². The molecule has 0 aromatic heterocycles. The van der Waals surface area contributed by atoms with Crippen LogP contribution in [0.2, 0.25) is 0 Å². The maximum atomic E-state index is 12.8. The summed E-state index contributed by atoms with van der Waals surface area (Å²) in [4.78, 5) is 0.143. The van der Waals surface area contributed by atoms with E-state index >= 15 is 0 Å². The molecule has 0 fully saturated rings. The number of hydrogen-bond donors (Lipinski definition) is 0. The predicted molar refractivity (Wildman–Crippen MR) is 169 cm³/mol. The first-order valence-corrected chi connectivity index (χ1v) is 17.6. The van der Waals surface area contributed by atoms with E-state index in [1.165, 1.54) is 83.5 Å². The second kappa shape index (κ2) is 21.9. The van der Waals surface area contributed by atoms with Crippen LogP contribution in [0, 0.1) is 6.92 Å². The summed E-state index contributed by atoms with van der Waals surface area (Å²) in [6.07, 6.45) is 18.9. The van der Waals surface area contributed by atoms with Crippen LogP contribution in [0.4, 0.5) is 0 Å². The summed E-state index contributed by atoms with van der Waals surface area (Å²) in [7, 11) is -3.90. The Hall–Kier alpha value is -1.73. The number of unbranched alkanes of at least 4 members (excludes halogenated alkanes) is 13. The summed E-state index contributed by atoms with van der Waals surface area (Å²) in [5.41, 5.74) is 2.11. The van der Waals surface area contributed by atoms with Gasteiger partial charge in [0.1, 0.15) is 0 Å². The second-order valence-electron chi connectivity index (χ2n) is 11.3. The van der Waals surface area contributed by atoms with Crippen LogP contribution in [0.1, 0.15) is 128 Å². The van der Waals surface area contributed by atoms with E-state index < -0.39 is 16.4 Å². The van der Waals surface area contributed by atoms with Crippen LogP contribution >= 0.6 is 0 Å². The van der Waals surface area contributed by atoms with Crippen molar-refractivity contribution in [1.82, 2.24) is 0 Å². The molecule has 0 spiro atoms. The van der Waals surface area contributed by atoms with Crippen LogP contribution in [0.5, 0.6) is 0 Å². The zero-order valence-electron chi connectivity index (χ0n) is 26.0. The Balaban J connectivity index is 1.70. The molecule has 0 saturated carbocycles. The van der Waals surface area contributed by atoms with Crippen molar-refractivity contribution in [3.63, 3.8) is 0 Å². The molecule has 0 amide bonds. The van der Waals surface area contributed by atoms with Crippen LogP contribution in [0.15, 0.2) is 59.5 Å². The van der Waals surface area contributed by atoms with Crippen molar-refractivity contribution in [2.45, 2.75) is 147 Å². The van der Waals surface area contributed by atoms with Gasteiger partial charge in [0.25, 0.3) is 10.1 Å². The number of hydrogen-bond acceptors (Lipinski definition) is 5. The van der Waals surface area contributed by atoms with Crippen LogP contribution in [-0.4, -0.2) is 27.4 Å². The van der Waals surface area contributed by atoms with Crippen molar-refractivity contribution in [3.8, 4) is 0 Å². The Morgan fingerprint density at radius 2 is 1.20 bits per heavy atom. The molecule has 0 saturated heterocycles. The maximum Gasteiger partial charge on any atom is 0.299 e. The van der Waals surface area contributed by atoms with Gasteiger partial charge in [0.05, 0.1) is 24.2 Å². The second-order valence-corrected chi connectivity index (χ2v) is 12.9.